The Bertz CT molecular complexity index is 948. The highest BCUT2D eigenvalue weighted by Gasteiger charge is 2.55. The number of hydrogen-bond acceptors (Lipinski definition) is 10. The van der Waals surface area contributed by atoms with Crippen LogP contribution in [0.1, 0.15) is 54.4 Å². The number of fused-ring (bicyclic) bond motifs is 1. The average Bonchev–Trinajstić information content (AvgIpc) is 3.21. The topological polar surface area (TPSA) is 118 Å². The summed E-state index contributed by atoms with van der Waals surface area (Å²) in [6, 6.07) is -0.322. The smallest absolute Gasteiger partial charge is 0.348 e. The molecule has 204 valence electrons. The Morgan fingerprint density at radius 2 is 1.92 bits per heavy atom. The molecule has 3 rings (SSSR count). The minimum atomic E-state index is -1.87. The fourth-order valence-electron chi connectivity index (χ4n) is 4.06. The Hall–Kier alpha value is -1.02. The highest BCUT2D eigenvalue weighted by atomic mass is 35.5. The molecule has 2 heterocycles. The molecule has 4 unspecified atom stereocenters. The molecule has 0 aromatic carbocycles. The number of anilines is 1. The lowest BCUT2D eigenvalue weighted by atomic mass is 10.2. The number of nitro groups is 1. The van der Waals surface area contributed by atoms with Crippen molar-refractivity contribution < 1.29 is 23.6 Å². The van der Waals surface area contributed by atoms with Gasteiger partial charge in [-0.25, -0.2) is 4.98 Å². The Balaban J connectivity index is 1.74. The van der Waals surface area contributed by atoms with E-state index in [9.17, 15) is 10.1 Å². The predicted octanol–water partition coefficient (Wildman–Crippen LogP) is 5.65. The van der Waals surface area contributed by atoms with Gasteiger partial charge in [-0.3, -0.25) is 10.1 Å². The molecule has 13 heteroatoms. The third kappa shape index (κ3) is 6.89. The molecule has 1 aromatic heterocycles. The molecule has 1 aliphatic carbocycles. The van der Waals surface area contributed by atoms with Gasteiger partial charge in [-0.2, -0.15) is 4.98 Å². The number of nitrogens with zero attached hydrogens (tertiary/aromatic N) is 3. The molecule has 4 atom stereocenters. The summed E-state index contributed by atoms with van der Waals surface area (Å²) in [5.41, 5.74) is -0.348. The Morgan fingerprint density at radius 1 is 1.25 bits per heavy atom. The van der Waals surface area contributed by atoms with Crippen LogP contribution in [0.15, 0.2) is 5.16 Å². The van der Waals surface area contributed by atoms with Gasteiger partial charge in [0.2, 0.25) is 11.0 Å². The van der Waals surface area contributed by atoms with E-state index in [0.29, 0.717) is 24.8 Å². The van der Waals surface area contributed by atoms with Crippen LogP contribution in [0.5, 0.6) is 0 Å². The number of thioether (sulfide) groups is 1. The third-order valence-corrected chi connectivity index (χ3v) is 12.7. The SMILES string of the molecule is CCCSc1nc(Cl)c([N+](=O)[O-])c(NC2CC(OCCO[Si](C)(C)C(C)(C)C)C3OC(C)(C)OC23)n1. The second-order valence-electron chi connectivity index (χ2n) is 11.2. The van der Waals surface area contributed by atoms with Crippen molar-refractivity contribution in [3.8, 4) is 0 Å². The number of ether oxygens (including phenoxy) is 3. The minimum Gasteiger partial charge on any atom is -0.414 e. The van der Waals surface area contributed by atoms with Gasteiger partial charge < -0.3 is 24.0 Å². The first-order chi connectivity index (χ1) is 16.6. The zero-order valence-electron chi connectivity index (χ0n) is 22.4. The maximum atomic E-state index is 11.8. The van der Waals surface area contributed by atoms with E-state index in [4.69, 9.17) is 30.2 Å². The van der Waals surface area contributed by atoms with E-state index in [1.807, 2.05) is 20.8 Å². The van der Waals surface area contributed by atoms with Crippen LogP contribution in [0.25, 0.3) is 0 Å². The molecule has 2 fully saturated rings. The van der Waals surface area contributed by atoms with Gasteiger partial charge >= 0.3 is 5.69 Å². The molecule has 0 spiro atoms. The number of nitrogens with one attached hydrogen (secondary N) is 1. The van der Waals surface area contributed by atoms with Crippen LogP contribution in [0.4, 0.5) is 11.5 Å². The minimum absolute atomic E-state index is 0.0811. The summed E-state index contributed by atoms with van der Waals surface area (Å²) in [6.45, 7) is 17.7. The monoisotopic (exact) mass is 562 g/mol. The van der Waals surface area contributed by atoms with Crippen LogP contribution in [0, 0.1) is 10.1 Å². The maximum Gasteiger partial charge on any atom is 0.348 e. The highest BCUT2D eigenvalue weighted by Crippen LogP contribution is 2.42. The van der Waals surface area contributed by atoms with Crippen LogP contribution < -0.4 is 5.32 Å². The van der Waals surface area contributed by atoms with Crippen molar-refractivity contribution >= 4 is 43.2 Å². The molecule has 0 radical (unpaired) electrons. The lowest BCUT2D eigenvalue weighted by molar-refractivity contribution is -0.384. The first-order valence-electron chi connectivity index (χ1n) is 12.4. The van der Waals surface area contributed by atoms with Crippen molar-refractivity contribution in [1.29, 1.82) is 0 Å². The van der Waals surface area contributed by atoms with E-state index in [1.54, 1.807) is 0 Å². The molecule has 0 bridgehead atoms. The van der Waals surface area contributed by atoms with E-state index < -0.39 is 19.0 Å². The average molecular weight is 563 g/mol. The molecule has 1 saturated carbocycles. The van der Waals surface area contributed by atoms with Gasteiger partial charge in [-0.1, -0.05) is 51.1 Å². The maximum absolute atomic E-state index is 11.8. The lowest BCUT2D eigenvalue weighted by Crippen LogP contribution is -2.42. The van der Waals surface area contributed by atoms with E-state index in [1.165, 1.54) is 11.8 Å². The highest BCUT2D eigenvalue weighted by molar-refractivity contribution is 7.99. The number of rotatable bonds is 11. The summed E-state index contributed by atoms with van der Waals surface area (Å²) >= 11 is 7.60. The van der Waals surface area contributed by atoms with E-state index in [2.05, 4.69) is 49.1 Å². The summed E-state index contributed by atoms with van der Waals surface area (Å²) in [5, 5.41) is 15.3. The molecular weight excluding hydrogens is 524 g/mol. The van der Waals surface area contributed by atoms with Gasteiger partial charge in [0.05, 0.1) is 30.3 Å². The van der Waals surface area contributed by atoms with E-state index in [-0.39, 0.29) is 46.1 Å². The van der Waals surface area contributed by atoms with E-state index in [0.717, 1.165) is 12.2 Å². The predicted molar refractivity (Wildman–Crippen MR) is 143 cm³/mol. The molecule has 10 nitrogen and oxygen atoms in total. The Morgan fingerprint density at radius 3 is 2.53 bits per heavy atom. The zero-order chi connectivity index (χ0) is 26.9. The lowest BCUT2D eigenvalue weighted by Gasteiger charge is -2.36. The zero-order valence-corrected chi connectivity index (χ0v) is 25.0. The first kappa shape index (κ1) is 29.5. The number of halogens is 1. The van der Waals surface area contributed by atoms with Crippen LogP contribution in [-0.2, 0) is 18.6 Å². The molecule has 1 aromatic rings. The van der Waals surface area contributed by atoms with Crippen LogP contribution in [-0.4, -0.2) is 72.3 Å². The van der Waals surface area contributed by atoms with Gasteiger partial charge in [0.25, 0.3) is 0 Å². The third-order valence-electron chi connectivity index (χ3n) is 6.86. The van der Waals surface area contributed by atoms with Crippen molar-refractivity contribution in [2.45, 2.75) is 108 Å². The normalized spacial score (nSPS) is 25.7. The molecule has 2 aliphatic rings. The van der Waals surface area contributed by atoms with Gasteiger partial charge in [-0.15, -0.1) is 0 Å². The second-order valence-corrected chi connectivity index (χ2v) is 17.4. The first-order valence-corrected chi connectivity index (χ1v) is 16.6. The van der Waals surface area contributed by atoms with Crippen molar-refractivity contribution in [3.05, 3.63) is 15.3 Å². The summed E-state index contributed by atoms with van der Waals surface area (Å²) in [4.78, 5) is 19.7. The van der Waals surface area contributed by atoms with Crippen LogP contribution in [0.3, 0.4) is 0 Å². The Labute approximate surface area is 223 Å². The molecule has 0 amide bonds. The van der Waals surface area contributed by atoms with Gasteiger partial charge in [0, 0.05) is 5.75 Å². The van der Waals surface area contributed by atoms with Gasteiger partial charge in [-0.05, 0) is 44.8 Å². The second kappa shape index (κ2) is 11.4. The number of aromatic nitrogens is 2. The summed E-state index contributed by atoms with van der Waals surface area (Å²) in [6.07, 6.45) is 0.488. The Kier molecular flexibility index (Phi) is 9.34. The fourth-order valence-corrected chi connectivity index (χ4v) is 6.07. The van der Waals surface area contributed by atoms with Crippen LogP contribution in [0.2, 0.25) is 23.3 Å². The van der Waals surface area contributed by atoms with Crippen molar-refractivity contribution in [2.24, 2.45) is 0 Å². The molecule has 1 aliphatic heterocycles. The summed E-state index contributed by atoms with van der Waals surface area (Å²) in [5.74, 6) is 0.0593. The molecule has 36 heavy (non-hydrogen) atoms. The van der Waals surface area contributed by atoms with Gasteiger partial charge in [0.1, 0.15) is 12.2 Å². The van der Waals surface area contributed by atoms with Crippen molar-refractivity contribution in [3.63, 3.8) is 0 Å². The van der Waals surface area contributed by atoms with Crippen LogP contribution >= 0.6 is 23.4 Å². The standard InChI is InChI=1S/C23H39ClN4O6SSi/c1-9-12-35-21-26-19(24)16(28(29)30)20(27-21)25-14-13-15(18-17(14)33-23(5,6)34-18)31-10-11-32-36(7,8)22(2,3)4/h14-15,17-18H,9-13H2,1-8H3,(H,25,26,27). The quantitative estimate of drug-likeness (QED) is 0.0689. The molecule has 1 saturated heterocycles. The fraction of sp³-hybridized carbons (Fsp3) is 0.826. The summed E-state index contributed by atoms with van der Waals surface area (Å²) < 4.78 is 24.8. The molecule has 1 N–H and O–H groups in total. The van der Waals surface area contributed by atoms with Crippen molar-refractivity contribution in [2.75, 3.05) is 24.3 Å². The summed E-state index contributed by atoms with van der Waals surface area (Å²) in [7, 11) is -1.87. The molecular formula is C23H39ClN4O6SSi. The number of hydrogen-bond donors (Lipinski definition) is 1. The van der Waals surface area contributed by atoms with Gasteiger partial charge in [0.15, 0.2) is 19.3 Å². The van der Waals surface area contributed by atoms with Crippen molar-refractivity contribution in [1.82, 2.24) is 9.97 Å². The van der Waals surface area contributed by atoms with E-state index >= 15 is 0 Å². The largest absolute Gasteiger partial charge is 0.414 e.